The zero-order valence-electron chi connectivity index (χ0n) is 15.9. The summed E-state index contributed by atoms with van der Waals surface area (Å²) in [6, 6.07) is 3.55. The van der Waals surface area contributed by atoms with Crippen LogP contribution < -0.4 is 4.90 Å². The second-order valence-corrected chi connectivity index (χ2v) is 9.74. The van der Waals surface area contributed by atoms with E-state index in [1.165, 1.54) is 55.8 Å². The first kappa shape index (κ1) is 19.1. The van der Waals surface area contributed by atoms with Crippen LogP contribution in [0.1, 0.15) is 25.7 Å². The van der Waals surface area contributed by atoms with Gasteiger partial charge in [-0.05, 0) is 56.8 Å². The third-order valence-electron chi connectivity index (χ3n) is 5.98. The summed E-state index contributed by atoms with van der Waals surface area (Å²) in [6.45, 7) is 7.50. The smallest absolute Gasteiger partial charge is 0.244 e. The van der Waals surface area contributed by atoms with Crippen molar-refractivity contribution >= 4 is 15.8 Å². The topological polar surface area (TPSA) is 66.0 Å². The minimum atomic E-state index is -3.46. The van der Waals surface area contributed by atoms with E-state index in [1.54, 1.807) is 6.07 Å². The van der Waals surface area contributed by atoms with Crippen LogP contribution in [0.3, 0.4) is 0 Å². The normalized spacial score (nSPS) is 23.8. The van der Waals surface area contributed by atoms with Gasteiger partial charge in [-0.2, -0.15) is 4.31 Å². The Morgan fingerprint density at radius 2 is 1.70 bits per heavy atom. The average molecular weight is 395 g/mol. The lowest BCUT2D eigenvalue weighted by atomic mass is 9.96. The van der Waals surface area contributed by atoms with Gasteiger partial charge >= 0.3 is 0 Å². The van der Waals surface area contributed by atoms with Crippen LogP contribution in [0.2, 0.25) is 0 Å². The fourth-order valence-electron chi connectivity index (χ4n) is 4.32. The molecule has 1 aromatic heterocycles. The van der Waals surface area contributed by atoms with Gasteiger partial charge in [-0.3, -0.25) is 0 Å². The highest BCUT2D eigenvalue weighted by Crippen LogP contribution is 2.25. The van der Waals surface area contributed by atoms with Gasteiger partial charge < -0.3 is 14.5 Å². The first-order chi connectivity index (χ1) is 13.1. The summed E-state index contributed by atoms with van der Waals surface area (Å²) >= 11 is 0. The number of pyridine rings is 1. The predicted octanol–water partition coefficient (Wildman–Crippen LogP) is 1.41. The Hall–Kier alpha value is -1.22. The number of rotatable bonds is 5. The number of hydrogen-bond acceptors (Lipinski definition) is 6. The summed E-state index contributed by atoms with van der Waals surface area (Å²) in [5.74, 6) is 1.66. The molecule has 0 radical (unpaired) electrons. The first-order valence-corrected chi connectivity index (χ1v) is 11.6. The molecular weight excluding hydrogens is 364 g/mol. The molecule has 0 aromatic carbocycles. The minimum Gasteiger partial charge on any atom is -0.379 e. The van der Waals surface area contributed by atoms with E-state index in [-0.39, 0.29) is 4.90 Å². The van der Waals surface area contributed by atoms with Gasteiger partial charge in [0.2, 0.25) is 10.0 Å². The van der Waals surface area contributed by atoms with Crippen molar-refractivity contribution in [1.82, 2.24) is 14.2 Å². The highest BCUT2D eigenvalue weighted by Gasteiger charge is 2.27. The molecular formula is C19H30N4O3S. The molecule has 0 bridgehead atoms. The summed E-state index contributed by atoms with van der Waals surface area (Å²) in [7, 11) is -3.46. The number of aromatic nitrogens is 1. The lowest BCUT2D eigenvalue weighted by Gasteiger charge is -2.34. The number of anilines is 1. The molecule has 4 heterocycles. The van der Waals surface area contributed by atoms with E-state index in [2.05, 4.69) is 14.8 Å². The van der Waals surface area contributed by atoms with Gasteiger partial charge in [0.15, 0.2) is 0 Å². The van der Waals surface area contributed by atoms with Crippen molar-refractivity contribution in [1.29, 1.82) is 0 Å². The second-order valence-electron chi connectivity index (χ2n) is 7.81. The molecule has 0 spiro atoms. The molecule has 3 aliphatic rings. The highest BCUT2D eigenvalue weighted by molar-refractivity contribution is 7.89. The number of ether oxygens (including phenoxy) is 1. The zero-order valence-corrected chi connectivity index (χ0v) is 16.7. The monoisotopic (exact) mass is 394 g/mol. The third-order valence-corrected chi connectivity index (χ3v) is 7.86. The minimum absolute atomic E-state index is 0.275. The molecule has 0 amide bonds. The maximum absolute atomic E-state index is 12.7. The van der Waals surface area contributed by atoms with Crippen LogP contribution in [0.15, 0.2) is 23.2 Å². The molecule has 8 heteroatoms. The van der Waals surface area contributed by atoms with Crippen LogP contribution in [-0.2, 0) is 14.8 Å². The van der Waals surface area contributed by atoms with Crippen molar-refractivity contribution in [3.8, 4) is 0 Å². The van der Waals surface area contributed by atoms with E-state index in [1.807, 2.05) is 6.07 Å². The molecule has 0 atom stereocenters. The molecule has 150 valence electrons. The van der Waals surface area contributed by atoms with E-state index >= 15 is 0 Å². The molecule has 3 fully saturated rings. The maximum atomic E-state index is 12.7. The Labute approximate surface area is 162 Å². The molecule has 0 N–H and O–H groups in total. The molecule has 0 unspecified atom stereocenters. The fraction of sp³-hybridized carbons (Fsp3) is 0.737. The van der Waals surface area contributed by atoms with Gasteiger partial charge in [-0.25, -0.2) is 13.4 Å². The number of morpholine rings is 1. The van der Waals surface area contributed by atoms with Crippen LogP contribution in [0.25, 0.3) is 0 Å². The number of likely N-dealkylation sites (tertiary alicyclic amines) is 1. The summed E-state index contributed by atoms with van der Waals surface area (Å²) < 4.78 is 32.1. The largest absolute Gasteiger partial charge is 0.379 e. The Morgan fingerprint density at radius 3 is 2.33 bits per heavy atom. The van der Waals surface area contributed by atoms with Crippen molar-refractivity contribution < 1.29 is 13.2 Å². The van der Waals surface area contributed by atoms with Gasteiger partial charge in [0.25, 0.3) is 0 Å². The van der Waals surface area contributed by atoms with Crippen LogP contribution in [-0.4, -0.2) is 81.6 Å². The van der Waals surface area contributed by atoms with Crippen molar-refractivity contribution in [3.05, 3.63) is 18.3 Å². The van der Waals surface area contributed by atoms with Crippen LogP contribution >= 0.6 is 0 Å². The van der Waals surface area contributed by atoms with E-state index in [4.69, 9.17) is 4.74 Å². The maximum Gasteiger partial charge on any atom is 0.244 e. The Morgan fingerprint density at radius 1 is 1.00 bits per heavy atom. The van der Waals surface area contributed by atoms with Crippen LogP contribution in [0.4, 0.5) is 5.82 Å². The Kier molecular flexibility index (Phi) is 5.96. The molecule has 4 rings (SSSR count). The van der Waals surface area contributed by atoms with E-state index in [0.717, 1.165) is 24.8 Å². The molecule has 0 aliphatic carbocycles. The molecule has 1 aromatic rings. The van der Waals surface area contributed by atoms with E-state index in [0.29, 0.717) is 26.3 Å². The molecule has 3 aliphatic heterocycles. The Bertz CT molecular complexity index is 705. The summed E-state index contributed by atoms with van der Waals surface area (Å²) in [6.07, 6.45) is 6.58. The predicted molar refractivity (Wildman–Crippen MR) is 104 cm³/mol. The fourth-order valence-corrected chi connectivity index (χ4v) is 5.68. The molecule has 0 saturated carbocycles. The van der Waals surface area contributed by atoms with E-state index in [9.17, 15) is 8.42 Å². The quantitative estimate of drug-likeness (QED) is 0.752. The van der Waals surface area contributed by atoms with Gasteiger partial charge in [-0.15, -0.1) is 0 Å². The second kappa shape index (κ2) is 8.43. The van der Waals surface area contributed by atoms with Gasteiger partial charge in [0.05, 0.1) is 13.2 Å². The number of nitrogens with zero attached hydrogens (tertiary/aromatic N) is 4. The van der Waals surface area contributed by atoms with Crippen molar-refractivity contribution in [2.24, 2.45) is 5.92 Å². The number of hydrogen-bond donors (Lipinski definition) is 0. The summed E-state index contributed by atoms with van der Waals surface area (Å²) in [5.41, 5.74) is 0. The average Bonchev–Trinajstić information content (AvgIpc) is 3.22. The summed E-state index contributed by atoms with van der Waals surface area (Å²) in [5, 5.41) is 0. The lowest BCUT2D eigenvalue weighted by Crippen LogP contribution is -2.40. The van der Waals surface area contributed by atoms with Crippen molar-refractivity contribution in [3.63, 3.8) is 0 Å². The molecule has 3 saturated heterocycles. The van der Waals surface area contributed by atoms with Gasteiger partial charge in [0, 0.05) is 38.9 Å². The standard InChI is InChI=1S/C19H30N4O3S/c24-27(25,23-11-13-26-14-12-23)18-3-4-19(20-15-18)22-9-5-17(6-10-22)16-21-7-1-2-8-21/h3-4,15,17H,1-2,5-14,16H2. The highest BCUT2D eigenvalue weighted by atomic mass is 32.2. The molecule has 27 heavy (non-hydrogen) atoms. The number of piperidine rings is 1. The first-order valence-electron chi connectivity index (χ1n) is 10.1. The van der Waals surface area contributed by atoms with Gasteiger partial charge in [0.1, 0.15) is 10.7 Å². The van der Waals surface area contributed by atoms with E-state index < -0.39 is 10.0 Å². The zero-order chi connectivity index (χ0) is 18.7. The van der Waals surface area contributed by atoms with Crippen molar-refractivity contribution in [2.75, 3.05) is 63.9 Å². The lowest BCUT2D eigenvalue weighted by molar-refractivity contribution is 0.0730. The third kappa shape index (κ3) is 4.45. The summed E-state index contributed by atoms with van der Waals surface area (Å²) in [4.78, 5) is 9.63. The van der Waals surface area contributed by atoms with Gasteiger partial charge in [-0.1, -0.05) is 0 Å². The molecule has 7 nitrogen and oxygen atoms in total. The van der Waals surface area contributed by atoms with Crippen molar-refractivity contribution in [2.45, 2.75) is 30.6 Å². The van der Waals surface area contributed by atoms with Crippen LogP contribution in [0, 0.1) is 5.92 Å². The number of sulfonamides is 1. The SMILES string of the molecule is O=S(=O)(c1ccc(N2CCC(CN3CCCC3)CC2)nc1)N1CCOCC1. The Balaban J connectivity index is 1.34. The van der Waals surface area contributed by atoms with Crippen LogP contribution in [0.5, 0.6) is 0 Å².